The number of aromatic nitrogens is 3. The molecule has 3 aromatic rings. The van der Waals surface area contributed by atoms with Gasteiger partial charge in [0.15, 0.2) is 11.5 Å². The van der Waals surface area contributed by atoms with Crippen molar-refractivity contribution in [3.63, 3.8) is 0 Å². The lowest BCUT2D eigenvalue weighted by Gasteiger charge is -2.02. The topological polar surface area (TPSA) is 39.4 Å². The maximum atomic E-state index is 5.89. The van der Waals surface area contributed by atoms with Crippen LogP contribution in [0.3, 0.4) is 0 Å². The Hall–Kier alpha value is -1.78. The van der Waals surface area contributed by atoms with E-state index in [-0.39, 0.29) is 6.61 Å². The lowest BCUT2D eigenvalue weighted by molar-refractivity contribution is 0.296. The molecular formula is C13H9Cl2N3O. The van der Waals surface area contributed by atoms with E-state index in [2.05, 4.69) is 10.1 Å². The summed E-state index contributed by atoms with van der Waals surface area (Å²) in [5.74, 6) is 1.27. The number of nitrogens with zero attached hydrogens (tertiary/aromatic N) is 3. The average Bonchev–Trinajstić information content (AvgIpc) is 2.78. The quantitative estimate of drug-likeness (QED) is 0.740. The van der Waals surface area contributed by atoms with Gasteiger partial charge in [0.1, 0.15) is 12.4 Å². The Morgan fingerprint density at radius 2 is 1.95 bits per heavy atom. The number of halogens is 2. The van der Waals surface area contributed by atoms with Crippen molar-refractivity contribution in [3.05, 3.63) is 58.5 Å². The van der Waals surface area contributed by atoms with Gasteiger partial charge in [-0.15, -0.1) is 5.10 Å². The van der Waals surface area contributed by atoms with Gasteiger partial charge in [-0.3, -0.25) is 0 Å². The molecular weight excluding hydrogens is 285 g/mol. The van der Waals surface area contributed by atoms with Crippen molar-refractivity contribution in [2.75, 3.05) is 0 Å². The Balaban J connectivity index is 1.78. The Labute approximate surface area is 119 Å². The molecule has 6 heteroatoms. The van der Waals surface area contributed by atoms with Gasteiger partial charge in [-0.2, -0.15) is 0 Å². The third-order valence-electron chi connectivity index (χ3n) is 2.51. The molecule has 0 unspecified atom stereocenters. The molecule has 0 spiro atoms. The van der Waals surface area contributed by atoms with Crippen LogP contribution in [0, 0.1) is 0 Å². The largest absolute Gasteiger partial charge is 0.485 e. The summed E-state index contributed by atoms with van der Waals surface area (Å²) in [5, 5.41) is 5.54. The van der Waals surface area contributed by atoms with Crippen molar-refractivity contribution >= 4 is 28.8 Å². The van der Waals surface area contributed by atoms with E-state index < -0.39 is 0 Å². The van der Waals surface area contributed by atoms with Gasteiger partial charge in [0.2, 0.25) is 0 Å². The standard InChI is InChI=1S/C13H9Cl2N3O/c14-9-2-1-3-11(6-9)19-8-12-16-13-7-10(15)4-5-18(13)17-12/h1-7H,8H2. The molecule has 1 aromatic carbocycles. The fourth-order valence-electron chi connectivity index (χ4n) is 1.67. The molecule has 0 saturated carbocycles. The van der Waals surface area contributed by atoms with Gasteiger partial charge < -0.3 is 4.74 Å². The van der Waals surface area contributed by atoms with E-state index in [0.29, 0.717) is 27.3 Å². The van der Waals surface area contributed by atoms with Crippen LogP contribution in [0.4, 0.5) is 0 Å². The van der Waals surface area contributed by atoms with E-state index in [0.717, 1.165) is 0 Å². The van der Waals surface area contributed by atoms with E-state index in [4.69, 9.17) is 27.9 Å². The maximum absolute atomic E-state index is 5.89. The summed E-state index contributed by atoms with van der Waals surface area (Å²) in [4.78, 5) is 4.32. The third kappa shape index (κ3) is 2.80. The van der Waals surface area contributed by atoms with Crippen LogP contribution < -0.4 is 4.74 Å². The second kappa shape index (κ2) is 5.07. The van der Waals surface area contributed by atoms with Crippen LogP contribution in [0.2, 0.25) is 10.0 Å². The number of fused-ring (bicyclic) bond motifs is 1. The number of hydrogen-bond donors (Lipinski definition) is 0. The molecule has 0 aliphatic heterocycles. The van der Waals surface area contributed by atoms with Gasteiger partial charge in [-0.25, -0.2) is 9.50 Å². The summed E-state index contributed by atoms with van der Waals surface area (Å²) in [5.41, 5.74) is 0.692. The van der Waals surface area contributed by atoms with Gasteiger partial charge in [0.25, 0.3) is 0 Å². The molecule has 0 aliphatic rings. The first kappa shape index (κ1) is 12.3. The Morgan fingerprint density at radius 1 is 1.11 bits per heavy atom. The van der Waals surface area contributed by atoms with Crippen molar-refractivity contribution in [3.8, 4) is 5.75 Å². The molecule has 0 N–H and O–H groups in total. The number of benzene rings is 1. The lowest BCUT2D eigenvalue weighted by atomic mass is 10.3. The minimum atomic E-state index is 0.277. The van der Waals surface area contributed by atoms with Crippen molar-refractivity contribution in [2.24, 2.45) is 0 Å². The van der Waals surface area contributed by atoms with Gasteiger partial charge in [-0.1, -0.05) is 29.3 Å². The predicted molar refractivity (Wildman–Crippen MR) is 73.8 cm³/mol. The number of pyridine rings is 1. The first-order chi connectivity index (χ1) is 9.20. The molecule has 4 nitrogen and oxygen atoms in total. The predicted octanol–water partition coefficient (Wildman–Crippen LogP) is 3.62. The van der Waals surface area contributed by atoms with Crippen LogP contribution >= 0.6 is 23.2 Å². The molecule has 2 aromatic heterocycles. The summed E-state index contributed by atoms with van der Waals surface area (Å²) in [7, 11) is 0. The highest BCUT2D eigenvalue weighted by Gasteiger charge is 2.05. The summed E-state index contributed by atoms with van der Waals surface area (Å²) < 4.78 is 7.23. The third-order valence-corrected chi connectivity index (χ3v) is 2.98. The summed E-state index contributed by atoms with van der Waals surface area (Å²) in [6, 6.07) is 10.7. The second-order valence-electron chi connectivity index (χ2n) is 3.92. The van der Waals surface area contributed by atoms with Crippen molar-refractivity contribution in [2.45, 2.75) is 6.61 Å². The van der Waals surface area contributed by atoms with Gasteiger partial charge in [-0.05, 0) is 24.3 Å². The van der Waals surface area contributed by atoms with Crippen LogP contribution in [0.5, 0.6) is 5.75 Å². The smallest absolute Gasteiger partial charge is 0.189 e. The number of hydrogen-bond acceptors (Lipinski definition) is 3. The first-order valence-corrected chi connectivity index (χ1v) is 6.35. The van der Waals surface area contributed by atoms with Crippen LogP contribution in [0.1, 0.15) is 5.82 Å². The fourth-order valence-corrected chi connectivity index (χ4v) is 2.00. The van der Waals surface area contributed by atoms with Gasteiger partial charge >= 0.3 is 0 Å². The summed E-state index contributed by atoms with van der Waals surface area (Å²) >= 11 is 11.8. The van der Waals surface area contributed by atoms with Gasteiger partial charge in [0.05, 0.1) is 0 Å². The zero-order valence-electron chi connectivity index (χ0n) is 9.75. The molecule has 0 aliphatic carbocycles. The van der Waals surface area contributed by atoms with Crippen molar-refractivity contribution in [1.29, 1.82) is 0 Å². The van der Waals surface area contributed by atoms with Gasteiger partial charge in [0, 0.05) is 22.3 Å². The summed E-state index contributed by atoms with van der Waals surface area (Å²) in [6.45, 7) is 0.277. The van der Waals surface area contributed by atoms with Crippen molar-refractivity contribution in [1.82, 2.24) is 14.6 Å². The van der Waals surface area contributed by atoms with Crippen LogP contribution in [0.15, 0.2) is 42.6 Å². The van der Waals surface area contributed by atoms with Crippen LogP contribution in [-0.2, 0) is 6.61 Å². The lowest BCUT2D eigenvalue weighted by Crippen LogP contribution is -1.98. The number of rotatable bonds is 3. The molecule has 0 bridgehead atoms. The molecule has 0 atom stereocenters. The highest BCUT2D eigenvalue weighted by atomic mass is 35.5. The van der Waals surface area contributed by atoms with E-state index in [1.807, 2.05) is 12.1 Å². The van der Waals surface area contributed by atoms with E-state index >= 15 is 0 Å². The zero-order valence-corrected chi connectivity index (χ0v) is 11.3. The van der Waals surface area contributed by atoms with Crippen molar-refractivity contribution < 1.29 is 4.74 Å². The first-order valence-electron chi connectivity index (χ1n) is 5.60. The molecule has 0 fully saturated rings. The number of ether oxygens (including phenoxy) is 1. The second-order valence-corrected chi connectivity index (χ2v) is 4.79. The Morgan fingerprint density at radius 3 is 2.79 bits per heavy atom. The van der Waals surface area contributed by atoms with E-state index in [9.17, 15) is 0 Å². The minimum absolute atomic E-state index is 0.277. The Bertz CT molecular complexity index is 727. The van der Waals surface area contributed by atoms with E-state index in [1.165, 1.54) is 0 Å². The Kier molecular flexibility index (Phi) is 3.27. The molecule has 0 saturated heterocycles. The molecule has 2 heterocycles. The average molecular weight is 294 g/mol. The molecule has 96 valence electrons. The highest BCUT2D eigenvalue weighted by Crippen LogP contribution is 2.18. The maximum Gasteiger partial charge on any atom is 0.189 e. The van der Waals surface area contributed by atoms with Crippen LogP contribution in [-0.4, -0.2) is 14.6 Å². The minimum Gasteiger partial charge on any atom is -0.485 e. The highest BCUT2D eigenvalue weighted by molar-refractivity contribution is 6.31. The van der Waals surface area contributed by atoms with E-state index in [1.54, 1.807) is 35.0 Å². The fraction of sp³-hybridized carbons (Fsp3) is 0.0769. The summed E-state index contributed by atoms with van der Waals surface area (Å²) in [6.07, 6.45) is 1.76. The molecule has 19 heavy (non-hydrogen) atoms. The molecule has 0 amide bonds. The zero-order chi connectivity index (χ0) is 13.2. The normalized spacial score (nSPS) is 10.8. The molecule has 0 radical (unpaired) electrons. The van der Waals surface area contributed by atoms with Crippen LogP contribution in [0.25, 0.3) is 5.65 Å². The molecule has 3 rings (SSSR count). The SMILES string of the molecule is Clc1cccc(OCc2nc3cc(Cl)ccn3n2)c1. The monoisotopic (exact) mass is 293 g/mol.